The molecule has 0 aliphatic rings. The van der Waals surface area contributed by atoms with Crippen LogP contribution in [0, 0.1) is 0 Å². The van der Waals surface area contributed by atoms with Crippen LogP contribution in [-0.2, 0) is 9.53 Å². The second-order valence-electron chi connectivity index (χ2n) is 3.08. The van der Waals surface area contributed by atoms with Crippen LogP contribution in [0.5, 0.6) is 0 Å². The molecule has 0 rings (SSSR count). The van der Waals surface area contributed by atoms with Gasteiger partial charge < -0.3 is 35.4 Å². The molecular formula is C8H16O8. The largest absolute Gasteiger partial charge is 0.479 e. The van der Waals surface area contributed by atoms with Crippen molar-refractivity contribution in [3.05, 3.63) is 0 Å². The van der Waals surface area contributed by atoms with Gasteiger partial charge in [0.15, 0.2) is 6.10 Å². The summed E-state index contributed by atoms with van der Waals surface area (Å²) in [4.78, 5) is 10.6. The molecule has 0 bridgehead atoms. The van der Waals surface area contributed by atoms with Crippen molar-refractivity contribution in [2.75, 3.05) is 19.8 Å². The number of carbonyl (C=O) groups is 1. The third-order valence-electron chi connectivity index (χ3n) is 1.87. The van der Waals surface area contributed by atoms with Gasteiger partial charge in [0.2, 0.25) is 0 Å². The lowest BCUT2D eigenvalue weighted by molar-refractivity contribution is -0.173. The molecule has 0 amide bonds. The van der Waals surface area contributed by atoms with Crippen molar-refractivity contribution in [3.63, 3.8) is 0 Å². The second-order valence-corrected chi connectivity index (χ2v) is 3.08. The first-order valence-corrected chi connectivity index (χ1v) is 4.56. The van der Waals surface area contributed by atoms with Crippen LogP contribution in [0.1, 0.15) is 0 Å². The van der Waals surface area contributed by atoms with Gasteiger partial charge >= 0.3 is 5.97 Å². The van der Waals surface area contributed by atoms with Crippen molar-refractivity contribution in [3.8, 4) is 0 Å². The summed E-state index contributed by atoms with van der Waals surface area (Å²) in [6.07, 6.45) is -7.23. The summed E-state index contributed by atoms with van der Waals surface area (Å²) in [6.45, 7) is -1.62. The third kappa shape index (κ3) is 4.39. The molecule has 0 aliphatic heterocycles. The minimum Gasteiger partial charge on any atom is -0.479 e. The quantitative estimate of drug-likeness (QED) is 0.256. The summed E-state index contributed by atoms with van der Waals surface area (Å²) >= 11 is 0. The van der Waals surface area contributed by atoms with Gasteiger partial charge in [-0.3, -0.25) is 0 Å². The predicted octanol–water partition coefficient (Wildman–Crippen LogP) is -3.48. The Hall–Kier alpha value is -0.770. The van der Waals surface area contributed by atoms with Gasteiger partial charge in [-0.2, -0.15) is 0 Å². The molecule has 0 aromatic heterocycles. The molecule has 6 N–H and O–H groups in total. The number of hydrogen-bond acceptors (Lipinski definition) is 7. The fourth-order valence-electron chi connectivity index (χ4n) is 1.01. The van der Waals surface area contributed by atoms with Gasteiger partial charge in [-0.15, -0.1) is 0 Å². The first-order valence-electron chi connectivity index (χ1n) is 4.56. The number of carboxylic acids is 1. The summed E-state index contributed by atoms with van der Waals surface area (Å²) in [5, 5.41) is 53.2. The number of ether oxygens (including phenoxy) is 1. The Balaban J connectivity index is 4.47. The third-order valence-corrected chi connectivity index (χ3v) is 1.87. The van der Waals surface area contributed by atoms with Gasteiger partial charge in [0.05, 0.1) is 19.8 Å². The van der Waals surface area contributed by atoms with E-state index in [4.69, 9.17) is 20.4 Å². The average Bonchev–Trinajstić information content (AvgIpc) is 2.26. The smallest absolute Gasteiger partial charge is 0.335 e. The number of aliphatic hydroxyl groups excluding tert-OH is 5. The highest BCUT2D eigenvalue weighted by atomic mass is 16.5. The Kier molecular flexibility index (Phi) is 7.13. The zero-order valence-electron chi connectivity index (χ0n) is 8.43. The maximum absolute atomic E-state index is 10.6. The summed E-state index contributed by atoms with van der Waals surface area (Å²) in [5.74, 6) is -1.55. The van der Waals surface area contributed by atoms with Crippen LogP contribution < -0.4 is 0 Å². The lowest BCUT2D eigenvalue weighted by Crippen LogP contribution is -2.50. The topological polar surface area (TPSA) is 148 Å². The number of aliphatic hydroxyl groups is 5. The van der Waals surface area contributed by atoms with Gasteiger partial charge in [0.1, 0.15) is 18.3 Å². The summed E-state index contributed by atoms with van der Waals surface area (Å²) in [6, 6.07) is 0. The molecule has 96 valence electrons. The molecule has 0 saturated heterocycles. The van der Waals surface area contributed by atoms with Gasteiger partial charge in [-0.1, -0.05) is 0 Å². The van der Waals surface area contributed by atoms with Crippen LogP contribution in [0.4, 0.5) is 0 Å². The molecule has 0 heterocycles. The first-order chi connectivity index (χ1) is 7.45. The standard InChI is InChI=1S/C8H16O8/c9-1-2-16-7(8(14)15)6(13)5(12)4(11)3-10/h4-7,9-13H,1-3H2,(H,14,15). The Morgan fingerprint density at radius 1 is 1.12 bits per heavy atom. The van der Waals surface area contributed by atoms with E-state index in [1.54, 1.807) is 0 Å². The minimum absolute atomic E-state index is 0.337. The van der Waals surface area contributed by atoms with E-state index in [0.717, 1.165) is 0 Å². The molecular weight excluding hydrogens is 224 g/mol. The van der Waals surface area contributed by atoms with E-state index in [2.05, 4.69) is 4.74 Å². The van der Waals surface area contributed by atoms with Crippen molar-refractivity contribution < 1.29 is 40.2 Å². The Morgan fingerprint density at radius 2 is 1.69 bits per heavy atom. The molecule has 0 aromatic rings. The molecule has 0 aliphatic carbocycles. The van der Waals surface area contributed by atoms with Gasteiger partial charge in [-0.05, 0) is 0 Å². The Labute approximate surface area is 91.3 Å². The lowest BCUT2D eigenvalue weighted by Gasteiger charge is -2.26. The predicted molar refractivity (Wildman–Crippen MR) is 49.6 cm³/mol. The van der Waals surface area contributed by atoms with Crippen molar-refractivity contribution in [1.29, 1.82) is 0 Å². The monoisotopic (exact) mass is 240 g/mol. The number of rotatable bonds is 8. The number of aliphatic carboxylic acids is 1. The van der Waals surface area contributed by atoms with Crippen molar-refractivity contribution in [2.24, 2.45) is 0 Å². The van der Waals surface area contributed by atoms with Crippen LogP contribution >= 0.6 is 0 Å². The summed E-state index contributed by atoms with van der Waals surface area (Å²) in [5.41, 5.74) is 0. The highest BCUT2D eigenvalue weighted by Crippen LogP contribution is 2.08. The molecule has 16 heavy (non-hydrogen) atoms. The zero-order valence-corrected chi connectivity index (χ0v) is 8.43. The van der Waals surface area contributed by atoms with Crippen LogP contribution in [-0.4, -0.2) is 80.8 Å². The molecule has 8 nitrogen and oxygen atoms in total. The minimum atomic E-state index is -1.91. The summed E-state index contributed by atoms with van der Waals surface area (Å²) < 4.78 is 4.58. The molecule has 0 fully saturated rings. The van der Waals surface area contributed by atoms with Crippen molar-refractivity contribution in [1.82, 2.24) is 0 Å². The van der Waals surface area contributed by atoms with E-state index in [-0.39, 0.29) is 6.61 Å². The van der Waals surface area contributed by atoms with E-state index in [9.17, 15) is 15.0 Å². The fraction of sp³-hybridized carbons (Fsp3) is 0.875. The average molecular weight is 240 g/mol. The number of carboxylic acid groups (broad SMARTS) is 1. The number of hydrogen-bond donors (Lipinski definition) is 6. The zero-order chi connectivity index (χ0) is 12.7. The van der Waals surface area contributed by atoms with Crippen LogP contribution in [0.2, 0.25) is 0 Å². The lowest BCUT2D eigenvalue weighted by atomic mass is 10.0. The maximum Gasteiger partial charge on any atom is 0.335 e. The molecule has 0 saturated carbocycles. The Bertz CT molecular complexity index is 208. The molecule has 8 heteroatoms. The van der Waals surface area contributed by atoms with E-state index in [0.29, 0.717) is 0 Å². The molecule has 4 atom stereocenters. The molecule has 0 aromatic carbocycles. The van der Waals surface area contributed by atoms with E-state index >= 15 is 0 Å². The first kappa shape index (κ1) is 15.2. The van der Waals surface area contributed by atoms with Crippen molar-refractivity contribution in [2.45, 2.75) is 24.4 Å². The van der Waals surface area contributed by atoms with Crippen LogP contribution in [0.3, 0.4) is 0 Å². The Morgan fingerprint density at radius 3 is 2.06 bits per heavy atom. The summed E-state index contributed by atoms with van der Waals surface area (Å²) in [7, 11) is 0. The van der Waals surface area contributed by atoms with Gasteiger partial charge in [0, 0.05) is 0 Å². The second kappa shape index (κ2) is 7.49. The molecule has 4 unspecified atom stereocenters. The highest BCUT2D eigenvalue weighted by molar-refractivity contribution is 5.73. The molecule has 0 radical (unpaired) electrons. The van der Waals surface area contributed by atoms with Crippen LogP contribution in [0.15, 0.2) is 0 Å². The van der Waals surface area contributed by atoms with E-state index in [1.807, 2.05) is 0 Å². The SMILES string of the molecule is O=C(O)C(OCCO)C(O)C(O)C(O)CO. The van der Waals surface area contributed by atoms with Crippen molar-refractivity contribution >= 4 is 5.97 Å². The van der Waals surface area contributed by atoms with Crippen LogP contribution in [0.25, 0.3) is 0 Å². The van der Waals surface area contributed by atoms with E-state index < -0.39 is 43.6 Å². The normalized spacial score (nSPS) is 18.8. The molecule has 0 spiro atoms. The maximum atomic E-state index is 10.6. The van der Waals surface area contributed by atoms with Gasteiger partial charge in [-0.25, -0.2) is 4.79 Å². The highest BCUT2D eigenvalue weighted by Gasteiger charge is 2.36. The fourth-order valence-corrected chi connectivity index (χ4v) is 1.01. The van der Waals surface area contributed by atoms with E-state index in [1.165, 1.54) is 0 Å². The van der Waals surface area contributed by atoms with Gasteiger partial charge in [0.25, 0.3) is 0 Å².